The molecule has 0 radical (unpaired) electrons. The average Bonchev–Trinajstić information content (AvgIpc) is 2.41. The van der Waals surface area contributed by atoms with Gasteiger partial charge in [0.1, 0.15) is 5.54 Å². The topological polar surface area (TPSA) is 47.9 Å². The Morgan fingerprint density at radius 1 is 1.25 bits per heavy atom. The second-order valence-corrected chi connectivity index (χ2v) is 5.51. The van der Waals surface area contributed by atoms with Crippen molar-refractivity contribution in [2.75, 3.05) is 14.2 Å². The van der Waals surface area contributed by atoms with Gasteiger partial charge >= 0.3 is 0 Å². The summed E-state index contributed by atoms with van der Waals surface area (Å²) in [6.45, 7) is 4.25. The number of benzene rings is 1. The third-order valence-electron chi connectivity index (χ3n) is 4.11. The van der Waals surface area contributed by atoms with E-state index < -0.39 is 5.54 Å². The highest BCUT2D eigenvalue weighted by molar-refractivity contribution is 5.57. The normalized spacial score (nSPS) is 16.2. The summed E-state index contributed by atoms with van der Waals surface area (Å²) in [5, 5.41) is 0. The van der Waals surface area contributed by atoms with Crippen LogP contribution < -0.4 is 9.47 Å². The molecule has 0 amide bonds. The highest BCUT2D eigenvalue weighted by Crippen LogP contribution is 2.52. The van der Waals surface area contributed by atoms with Gasteiger partial charge in [-0.1, -0.05) is 19.9 Å². The van der Waals surface area contributed by atoms with Crippen molar-refractivity contribution >= 4 is 6.08 Å². The Hall–Kier alpha value is -1.80. The maximum Gasteiger partial charge on any atom is 0.235 e. The summed E-state index contributed by atoms with van der Waals surface area (Å²) in [5.74, 6) is 1.70. The van der Waals surface area contributed by atoms with E-state index in [1.165, 1.54) is 0 Å². The van der Waals surface area contributed by atoms with E-state index >= 15 is 0 Å². The van der Waals surface area contributed by atoms with Gasteiger partial charge in [0.25, 0.3) is 0 Å². The second kappa shape index (κ2) is 5.68. The third kappa shape index (κ3) is 2.20. The van der Waals surface area contributed by atoms with Crippen LogP contribution in [-0.2, 0) is 10.3 Å². The number of nitrogens with zero attached hydrogens (tertiary/aromatic N) is 1. The van der Waals surface area contributed by atoms with Gasteiger partial charge in [-0.15, -0.1) is 0 Å². The summed E-state index contributed by atoms with van der Waals surface area (Å²) in [6.07, 6.45) is 4.51. The maximum absolute atomic E-state index is 10.9. The summed E-state index contributed by atoms with van der Waals surface area (Å²) >= 11 is 0. The quantitative estimate of drug-likeness (QED) is 0.610. The zero-order chi connectivity index (χ0) is 14.8. The fourth-order valence-electron chi connectivity index (χ4n) is 2.92. The first-order valence-electron chi connectivity index (χ1n) is 6.94. The summed E-state index contributed by atoms with van der Waals surface area (Å²) in [5.41, 5.74) is 1.66. The Labute approximate surface area is 119 Å². The van der Waals surface area contributed by atoms with Crippen LogP contribution in [0.1, 0.15) is 50.2 Å². The van der Waals surface area contributed by atoms with Crippen molar-refractivity contribution in [1.29, 1.82) is 0 Å². The van der Waals surface area contributed by atoms with Crippen LogP contribution in [0.5, 0.6) is 11.5 Å². The van der Waals surface area contributed by atoms with Crippen LogP contribution in [0, 0.1) is 0 Å². The second-order valence-electron chi connectivity index (χ2n) is 5.51. The van der Waals surface area contributed by atoms with E-state index in [4.69, 9.17) is 9.47 Å². The Morgan fingerprint density at radius 3 is 2.35 bits per heavy atom. The lowest BCUT2D eigenvalue weighted by molar-refractivity contribution is 0.240. The fourth-order valence-corrected chi connectivity index (χ4v) is 2.92. The molecule has 0 saturated heterocycles. The number of rotatable bonds is 5. The van der Waals surface area contributed by atoms with Crippen LogP contribution in [0.25, 0.3) is 0 Å². The van der Waals surface area contributed by atoms with Gasteiger partial charge in [-0.05, 0) is 36.8 Å². The van der Waals surface area contributed by atoms with Crippen molar-refractivity contribution in [1.82, 2.24) is 0 Å². The summed E-state index contributed by atoms with van der Waals surface area (Å²) in [6, 6.07) is 3.95. The van der Waals surface area contributed by atoms with Gasteiger partial charge in [0.15, 0.2) is 11.5 Å². The van der Waals surface area contributed by atoms with Crippen molar-refractivity contribution in [3.63, 3.8) is 0 Å². The van der Waals surface area contributed by atoms with Crippen molar-refractivity contribution in [2.45, 2.75) is 44.6 Å². The molecule has 108 valence electrons. The molecule has 0 heterocycles. The molecule has 4 heteroatoms. The molecule has 1 aromatic carbocycles. The lowest BCUT2D eigenvalue weighted by Gasteiger charge is -2.40. The van der Waals surface area contributed by atoms with Crippen LogP contribution in [0.3, 0.4) is 0 Å². The number of carbonyl (C=O) groups excluding carboxylic acids is 1. The zero-order valence-electron chi connectivity index (χ0n) is 12.5. The first-order chi connectivity index (χ1) is 9.59. The largest absolute Gasteiger partial charge is 0.493 e. The fraction of sp³-hybridized carbons (Fsp3) is 0.562. The van der Waals surface area contributed by atoms with E-state index in [0.717, 1.165) is 30.4 Å². The molecule has 0 aromatic heterocycles. The van der Waals surface area contributed by atoms with E-state index in [2.05, 4.69) is 18.8 Å². The van der Waals surface area contributed by atoms with Gasteiger partial charge in [0.05, 0.1) is 14.2 Å². The van der Waals surface area contributed by atoms with Gasteiger partial charge < -0.3 is 9.47 Å². The molecule has 0 atom stereocenters. The first kappa shape index (κ1) is 14.6. The van der Waals surface area contributed by atoms with E-state index in [1.807, 2.05) is 12.1 Å². The van der Waals surface area contributed by atoms with Crippen molar-refractivity contribution in [2.24, 2.45) is 4.99 Å². The minimum atomic E-state index is -0.485. The number of aliphatic imine (C=N–C) groups is 1. The van der Waals surface area contributed by atoms with Crippen LogP contribution >= 0.6 is 0 Å². The van der Waals surface area contributed by atoms with Crippen molar-refractivity contribution < 1.29 is 14.3 Å². The Balaban J connectivity index is 2.72. The molecule has 0 spiro atoms. The van der Waals surface area contributed by atoms with Crippen molar-refractivity contribution in [3.05, 3.63) is 23.3 Å². The van der Waals surface area contributed by atoms with Crippen LogP contribution in [0.15, 0.2) is 17.1 Å². The minimum Gasteiger partial charge on any atom is -0.493 e. The molecule has 20 heavy (non-hydrogen) atoms. The molecule has 1 aliphatic rings. The summed E-state index contributed by atoms with van der Waals surface area (Å²) < 4.78 is 11.0. The average molecular weight is 275 g/mol. The van der Waals surface area contributed by atoms with Gasteiger partial charge in [-0.25, -0.2) is 4.79 Å². The SMILES string of the molecule is COc1ccc(C(C)C)c(C2(N=C=O)CCC2)c1OC. The predicted octanol–water partition coefficient (Wildman–Crippen LogP) is 3.54. The summed E-state index contributed by atoms with van der Waals surface area (Å²) in [7, 11) is 3.25. The molecule has 0 aliphatic heterocycles. The molecule has 1 aliphatic carbocycles. The predicted molar refractivity (Wildman–Crippen MR) is 77.3 cm³/mol. The van der Waals surface area contributed by atoms with Crippen LogP contribution in [0.4, 0.5) is 0 Å². The standard InChI is InChI=1S/C16H21NO3/c1-11(2)12-6-7-13(19-3)15(20-4)14(12)16(17-10-18)8-5-9-16/h6-7,11H,5,8-9H2,1-4H3. The highest BCUT2D eigenvalue weighted by Gasteiger charge is 2.43. The minimum absolute atomic E-state index is 0.323. The zero-order valence-corrected chi connectivity index (χ0v) is 12.5. The third-order valence-corrected chi connectivity index (χ3v) is 4.11. The van der Waals surface area contributed by atoms with E-state index in [1.54, 1.807) is 20.3 Å². The van der Waals surface area contributed by atoms with Gasteiger partial charge in [0.2, 0.25) is 6.08 Å². The monoisotopic (exact) mass is 275 g/mol. The lowest BCUT2D eigenvalue weighted by Crippen LogP contribution is -2.34. The Kier molecular flexibility index (Phi) is 4.15. The number of hydrogen-bond donors (Lipinski definition) is 0. The molecule has 1 fully saturated rings. The van der Waals surface area contributed by atoms with Gasteiger partial charge in [-0.3, -0.25) is 0 Å². The number of ether oxygens (including phenoxy) is 2. The van der Waals surface area contributed by atoms with Crippen molar-refractivity contribution in [3.8, 4) is 11.5 Å². The van der Waals surface area contributed by atoms with E-state index in [0.29, 0.717) is 17.4 Å². The molecule has 0 bridgehead atoms. The lowest BCUT2D eigenvalue weighted by atomic mass is 9.69. The Morgan fingerprint density at radius 2 is 1.95 bits per heavy atom. The number of hydrogen-bond acceptors (Lipinski definition) is 4. The maximum atomic E-state index is 10.9. The molecule has 1 aromatic rings. The van der Waals surface area contributed by atoms with Gasteiger partial charge in [-0.2, -0.15) is 4.99 Å². The molecular formula is C16H21NO3. The van der Waals surface area contributed by atoms with Gasteiger partial charge in [0, 0.05) is 5.56 Å². The molecule has 0 unspecified atom stereocenters. The van der Waals surface area contributed by atoms with Crippen LogP contribution in [-0.4, -0.2) is 20.3 Å². The number of methoxy groups -OCH3 is 2. The molecule has 2 rings (SSSR count). The highest BCUT2D eigenvalue weighted by atomic mass is 16.5. The molecule has 0 N–H and O–H groups in total. The molecular weight excluding hydrogens is 254 g/mol. The number of isocyanates is 1. The summed E-state index contributed by atoms with van der Waals surface area (Å²) in [4.78, 5) is 15.0. The van der Waals surface area contributed by atoms with Crippen LogP contribution in [0.2, 0.25) is 0 Å². The molecule has 1 saturated carbocycles. The first-order valence-corrected chi connectivity index (χ1v) is 6.94. The molecule has 4 nitrogen and oxygen atoms in total. The smallest absolute Gasteiger partial charge is 0.235 e. The van der Waals surface area contributed by atoms with E-state index in [9.17, 15) is 4.79 Å². The van der Waals surface area contributed by atoms with E-state index in [-0.39, 0.29) is 0 Å². The Bertz CT molecular complexity index is 541.